The SMILES string of the molecule is COc1cccc2cc(C(=O)C(c3ccccc3NC(=O)Nc3cc(C(C)(C)C)nn3-c3ccc(C)cc3)C3CCNCC3)oc12. The number of nitrogens with zero attached hydrogens (tertiary/aromatic N) is 2. The quantitative estimate of drug-likeness (QED) is 0.153. The minimum atomic E-state index is -0.518. The highest BCUT2D eigenvalue weighted by Crippen LogP contribution is 2.39. The molecular weight excluding hydrogens is 578 g/mol. The first-order chi connectivity index (χ1) is 22.1. The lowest BCUT2D eigenvalue weighted by atomic mass is 9.76. The van der Waals surface area contributed by atoms with Gasteiger partial charge < -0.3 is 19.8 Å². The monoisotopic (exact) mass is 619 g/mol. The molecule has 2 aromatic heterocycles. The van der Waals surface area contributed by atoms with Crippen molar-refractivity contribution in [1.29, 1.82) is 0 Å². The van der Waals surface area contributed by atoms with E-state index in [1.165, 1.54) is 0 Å². The van der Waals surface area contributed by atoms with Gasteiger partial charge in [-0.2, -0.15) is 5.10 Å². The third-order valence-electron chi connectivity index (χ3n) is 8.65. The summed E-state index contributed by atoms with van der Waals surface area (Å²) in [6, 6.07) is 24.4. The van der Waals surface area contributed by atoms with Crippen LogP contribution in [0.1, 0.15) is 66.9 Å². The zero-order chi connectivity index (χ0) is 32.4. The molecule has 0 aliphatic carbocycles. The molecule has 0 bridgehead atoms. The van der Waals surface area contributed by atoms with Crippen LogP contribution in [0.5, 0.6) is 5.75 Å². The van der Waals surface area contributed by atoms with Gasteiger partial charge in [0, 0.05) is 22.6 Å². The maximum atomic E-state index is 14.4. The van der Waals surface area contributed by atoms with Crippen molar-refractivity contribution in [2.24, 2.45) is 5.92 Å². The number of piperidine rings is 1. The summed E-state index contributed by atoms with van der Waals surface area (Å²) in [5, 5.41) is 15.1. The van der Waals surface area contributed by atoms with Gasteiger partial charge >= 0.3 is 6.03 Å². The van der Waals surface area contributed by atoms with E-state index in [0.29, 0.717) is 22.8 Å². The normalized spacial score (nSPS) is 14.6. The Morgan fingerprint density at radius 1 is 0.978 bits per heavy atom. The molecule has 1 fully saturated rings. The van der Waals surface area contributed by atoms with Gasteiger partial charge in [-0.3, -0.25) is 10.1 Å². The molecule has 9 nitrogen and oxygen atoms in total. The highest BCUT2D eigenvalue weighted by Gasteiger charge is 2.35. The molecule has 6 rings (SSSR count). The van der Waals surface area contributed by atoms with Gasteiger partial charge in [0.1, 0.15) is 5.82 Å². The van der Waals surface area contributed by atoms with E-state index < -0.39 is 11.9 Å². The van der Waals surface area contributed by atoms with Crippen molar-refractivity contribution in [2.45, 2.75) is 51.9 Å². The number of carbonyl (C=O) groups excluding carboxylic acids is 2. The number of rotatable bonds is 8. The Bertz CT molecular complexity index is 1860. The Hall–Kier alpha value is -4.89. The molecule has 9 heteroatoms. The van der Waals surface area contributed by atoms with Crippen LogP contribution >= 0.6 is 0 Å². The van der Waals surface area contributed by atoms with Crippen molar-refractivity contribution in [3.63, 3.8) is 0 Å². The molecule has 1 saturated heterocycles. The summed E-state index contributed by atoms with van der Waals surface area (Å²) >= 11 is 0. The Balaban J connectivity index is 1.33. The standard InChI is InChI=1S/C37H41N5O4/c1-23-13-15-26(16-14-23)42-32(22-31(41-42)37(2,3)4)40-36(44)39-28-11-7-6-10-27(28)33(24-17-19-38-20-18-24)34(43)30-21-25-9-8-12-29(45-5)35(25)46-30/h6-16,21-22,24,33,38H,17-20H2,1-5H3,(H2,39,40,44). The number of aryl methyl sites for hydroxylation is 1. The van der Waals surface area contributed by atoms with Gasteiger partial charge in [-0.25, -0.2) is 9.48 Å². The Labute approximate surface area is 269 Å². The van der Waals surface area contributed by atoms with Crippen LogP contribution in [-0.4, -0.2) is 41.8 Å². The molecule has 2 amide bonds. The summed E-state index contributed by atoms with van der Waals surface area (Å²) in [6.45, 7) is 9.93. The number of nitrogens with one attached hydrogen (secondary N) is 3. The number of Topliss-reactive ketones (excluding diaryl/α,β-unsaturated/α-hetero) is 1. The maximum Gasteiger partial charge on any atom is 0.324 e. The molecule has 0 saturated carbocycles. The molecule has 238 valence electrons. The number of amides is 2. The molecule has 3 heterocycles. The van der Waals surface area contributed by atoms with Crippen LogP contribution in [0.15, 0.2) is 83.3 Å². The smallest absolute Gasteiger partial charge is 0.324 e. The first kappa shape index (κ1) is 31.1. The summed E-state index contributed by atoms with van der Waals surface area (Å²) in [5.41, 5.74) is 4.47. The fourth-order valence-electron chi connectivity index (χ4n) is 6.13. The van der Waals surface area contributed by atoms with E-state index in [4.69, 9.17) is 14.3 Å². The molecule has 3 aromatic carbocycles. The summed E-state index contributed by atoms with van der Waals surface area (Å²) in [6.07, 6.45) is 1.65. The van der Waals surface area contributed by atoms with E-state index in [2.05, 4.69) is 36.7 Å². The van der Waals surface area contributed by atoms with Gasteiger partial charge in [-0.05, 0) is 74.7 Å². The summed E-state index contributed by atoms with van der Waals surface area (Å²) in [7, 11) is 1.58. The van der Waals surface area contributed by atoms with Crippen molar-refractivity contribution in [3.05, 3.63) is 101 Å². The van der Waals surface area contributed by atoms with Crippen LogP contribution < -0.4 is 20.7 Å². The average molecular weight is 620 g/mol. The number of ether oxygens (including phenoxy) is 1. The van der Waals surface area contributed by atoms with E-state index >= 15 is 0 Å². The fraction of sp³-hybridized carbons (Fsp3) is 0.324. The average Bonchev–Trinajstić information content (AvgIpc) is 3.68. The zero-order valence-corrected chi connectivity index (χ0v) is 27.0. The van der Waals surface area contributed by atoms with E-state index in [0.717, 1.165) is 53.8 Å². The number of furan rings is 1. The lowest BCUT2D eigenvalue weighted by Crippen LogP contribution is -2.34. The largest absolute Gasteiger partial charge is 0.493 e. The van der Waals surface area contributed by atoms with Gasteiger partial charge in [-0.1, -0.05) is 68.8 Å². The minimum Gasteiger partial charge on any atom is -0.493 e. The predicted molar refractivity (Wildman–Crippen MR) is 182 cm³/mol. The Kier molecular flexibility index (Phi) is 8.69. The van der Waals surface area contributed by atoms with Gasteiger partial charge in [0.2, 0.25) is 5.78 Å². The molecule has 3 N–H and O–H groups in total. The molecule has 1 aliphatic rings. The second-order valence-corrected chi connectivity index (χ2v) is 13.0. The minimum absolute atomic E-state index is 0.0622. The summed E-state index contributed by atoms with van der Waals surface area (Å²) < 4.78 is 13.4. The number of ketones is 1. The summed E-state index contributed by atoms with van der Waals surface area (Å²) in [5.74, 6) is 0.827. The highest BCUT2D eigenvalue weighted by atomic mass is 16.5. The van der Waals surface area contributed by atoms with E-state index in [9.17, 15) is 9.59 Å². The van der Waals surface area contributed by atoms with Crippen molar-refractivity contribution < 1.29 is 18.7 Å². The van der Waals surface area contributed by atoms with Crippen LogP contribution in [0.4, 0.5) is 16.3 Å². The Morgan fingerprint density at radius 3 is 2.43 bits per heavy atom. The number of carbonyl (C=O) groups is 2. The number of aromatic nitrogens is 2. The molecule has 0 radical (unpaired) electrons. The first-order valence-electron chi connectivity index (χ1n) is 15.8. The molecule has 5 aromatic rings. The molecule has 1 unspecified atom stereocenters. The number of fused-ring (bicyclic) bond motifs is 1. The third-order valence-corrected chi connectivity index (χ3v) is 8.65. The van der Waals surface area contributed by atoms with Gasteiger partial charge in [0.15, 0.2) is 17.1 Å². The van der Waals surface area contributed by atoms with Crippen LogP contribution in [0.2, 0.25) is 0 Å². The molecule has 0 spiro atoms. The molecule has 1 atom stereocenters. The number of urea groups is 1. The summed E-state index contributed by atoms with van der Waals surface area (Å²) in [4.78, 5) is 28.0. The molecule has 1 aliphatic heterocycles. The molecular formula is C37H41N5O4. The number of anilines is 2. The second kappa shape index (κ2) is 12.8. The van der Waals surface area contributed by atoms with Crippen LogP contribution in [-0.2, 0) is 5.41 Å². The van der Waals surface area contributed by atoms with Crippen molar-refractivity contribution in [2.75, 3.05) is 30.8 Å². The lowest BCUT2D eigenvalue weighted by molar-refractivity contribution is 0.0890. The van der Waals surface area contributed by atoms with Crippen molar-refractivity contribution >= 4 is 34.3 Å². The van der Waals surface area contributed by atoms with E-state index in [-0.39, 0.29) is 22.9 Å². The Morgan fingerprint density at radius 2 is 1.72 bits per heavy atom. The number of benzene rings is 3. The topological polar surface area (TPSA) is 110 Å². The number of methoxy groups -OCH3 is 1. The van der Waals surface area contributed by atoms with Crippen molar-refractivity contribution in [1.82, 2.24) is 15.1 Å². The van der Waals surface area contributed by atoms with Crippen LogP contribution in [0.3, 0.4) is 0 Å². The molecule has 46 heavy (non-hydrogen) atoms. The fourth-order valence-corrected chi connectivity index (χ4v) is 6.13. The van der Waals surface area contributed by atoms with Crippen LogP contribution in [0.25, 0.3) is 16.7 Å². The first-order valence-corrected chi connectivity index (χ1v) is 15.8. The lowest BCUT2D eigenvalue weighted by Gasteiger charge is -2.31. The number of hydrogen-bond donors (Lipinski definition) is 3. The van der Waals surface area contributed by atoms with Gasteiger partial charge in [0.25, 0.3) is 0 Å². The number of hydrogen-bond acceptors (Lipinski definition) is 6. The van der Waals surface area contributed by atoms with E-state index in [1.807, 2.05) is 79.7 Å². The maximum absolute atomic E-state index is 14.4. The third kappa shape index (κ3) is 6.41. The predicted octanol–water partition coefficient (Wildman–Crippen LogP) is 7.84. The van der Waals surface area contributed by atoms with Gasteiger partial charge in [-0.15, -0.1) is 0 Å². The highest BCUT2D eigenvalue weighted by molar-refractivity contribution is 6.05. The zero-order valence-electron chi connectivity index (χ0n) is 27.0. The van der Waals surface area contributed by atoms with Crippen LogP contribution in [0, 0.1) is 12.8 Å². The van der Waals surface area contributed by atoms with Gasteiger partial charge in [0.05, 0.1) is 24.4 Å². The second-order valence-electron chi connectivity index (χ2n) is 13.0. The van der Waals surface area contributed by atoms with Crippen molar-refractivity contribution in [3.8, 4) is 11.4 Å². The van der Waals surface area contributed by atoms with E-state index in [1.54, 1.807) is 17.9 Å². The number of para-hydroxylation sites is 2.